The summed E-state index contributed by atoms with van der Waals surface area (Å²) in [6.45, 7) is -1.06. The number of anilines is 2. The van der Waals surface area contributed by atoms with E-state index in [4.69, 9.17) is 22.4 Å². The number of nitrogen functional groups attached to an aromatic ring is 1. The van der Waals surface area contributed by atoms with Gasteiger partial charge >= 0.3 is 18.1 Å². The number of carbonyl (C=O) groups is 2. The molecule has 1 aliphatic heterocycles. The number of piperidine rings is 1. The summed E-state index contributed by atoms with van der Waals surface area (Å²) in [6.07, 6.45) is -4.70. The quantitative estimate of drug-likeness (QED) is 0.258. The number of aromatic nitrogens is 2. The molecule has 1 aromatic carbocycles. The SMILES string of the molecule is Nc1nc(-n2cc(C(=O)OC(=O)C(F)(F)F)c(=O)c3cc(F)c(N4CCC/C(=C(\F)CO)C4)c(Cl)c32)c(F)cc1F. The van der Waals surface area contributed by atoms with Crippen LogP contribution in [0.4, 0.5) is 42.2 Å². The second-order valence-electron chi connectivity index (χ2n) is 8.69. The number of aliphatic hydroxyl groups excluding tert-OH is 1. The maximum absolute atomic E-state index is 15.5. The number of nitrogens with zero attached hydrogens (tertiary/aromatic N) is 3. The molecule has 218 valence electrons. The van der Waals surface area contributed by atoms with Gasteiger partial charge in [0.1, 0.15) is 17.2 Å². The Kier molecular flexibility index (Phi) is 8.00. The molecule has 0 unspecified atom stereocenters. The highest BCUT2D eigenvalue weighted by molar-refractivity contribution is 6.38. The lowest BCUT2D eigenvalue weighted by molar-refractivity contribution is -0.193. The van der Waals surface area contributed by atoms with Crippen molar-refractivity contribution in [1.82, 2.24) is 9.55 Å². The third kappa shape index (κ3) is 5.56. The molecule has 0 spiro atoms. The average molecular weight is 609 g/mol. The molecule has 9 nitrogen and oxygen atoms in total. The summed E-state index contributed by atoms with van der Waals surface area (Å²) in [7, 11) is 0. The molecule has 3 aromatic rings. The number of benzene rings is 1. The summed E-state index contributed by atoms with van der Waals surface area (Å²) in [5.74, 6) is -11.7. The minimum absolute atomic E-state index is 0.106. The fourth-order valence-electron chi connectivity index (χ4n) is 4.24. The van der Waals surface area contributed by atoms with Crippen molar-refractivity contribution in [3.05, 3.63) is 68.0 Å². The zero-order valence-electron chi connectivity index (χ0n) is 20.3. The largest absolute Gasteiger partial charge is 0.491 e. The molecule has 1 fully saturated rings. The van der Waals surface area contributed by atoms with Gasteiger partial charge in [-0.3, -0.25) is 9.36 Å². The number of pyridine rings is 2. The minimum atomic E-state index is -5.63. The van der Waals surface area contributed by atoms with Crippen LogP contribution in [-0.4, -0.2) is 52.5 Å². The van der Waals surface area contributed by atoms with Gasteiger partial charge in [0.2, 0.25) is 5.43 Å². The molecule has 0 atom stereocenters. The predicted octanol–water partition coefficient (Wildman–Crippen LogP) is 4.10. The fraction of sp³-hybridized carbons (Fsp3) is 0.250. The van der Waals surface area contributed by atoms with Gasteiger partial charge in [0.15, 0.2) is 23.3 Å². The van der Waals surface area contributed by atoms with E-state index in [0.29, 0.717) is 16.8 Å². The fourth-order valence-corrected chi connectivity index (χ4v) is 4.64. The van der Waals surface area contributed by atoms with E-state index in [1.54, 1.807) is 0 Å². The summed E-state index contributed by atoms with van der Waals surface area (Å²) < 4.78 is 101. The van der Waals surface area contributed by atoms with Crippen molar-refractivity contribution in [3.8, 4) is 5.82 Å². The summed E-state index contributed by atoms with van der Waals surface area (Å²) >= 11 is 6.49. The lowest BCUT2D eigenvalue weighted by atomic mass is 10.0. The molecule has 1 saturated heterocycles. The van der Waals surface area contributed by atoms with E-state index in [1.165, 1.54) is 4.90 Å². The first-order valence-electron chi connectivity index (χ1n) is 11.4. The number of hydrogen-bond donors (Lipinski definition) is 2. The Bertz CT molecular complexity index is 1690. The Balaban J connectivity index is 2.03. The normalized spacial score (nSPS) is 15.3. The number of fused-ring (bicyclic) bond motifs is 1. The first-order chi connectivity index (χ1) is 19.1. The Hall–Kier alpha value is -4.18. The second-order valence-corrected chi connectivity index (χ2v) is 9.06. The molecule has 0 aliphatic carbocycles. The van der Waals surface area contributed by atoms with Crippen LogP contribution in [-0.2, 0) is 9.53 Å². The zero-order chi connectivity index (χ0) is 30.4. The molecule has 4 rings (SSSR count). The van der Waals surface area contributed by atoms with Gasteiger partial charge in [0, 0.05) is 25.4 Å². The third-order valence-corrected chi connectivity index (χ3v) is 6.44. The number of esters is 2. The summed E-state index contributed by atoms with van der Waals surface area (Å²) in [5.41, 5.74) is 1.81. The minimum Gasteiger partial charge on any atom is -0.389 e. The molecule has 0 radical (unpaired) electrons. The molecule has 2 aromatic heterocycles. The van der Waals surface area contributed by atoms with E-state index in [2.05, 4.69) is 9.72 Å². The monoisotopic (exact) mass is 608 g/mol. The van der Waals surface area contributed by atoms with Crippen molar-refractivity contribution in [2.45, 2.75) is 19.0 Å². The number of hydrogen-bond acceptors (Lipinski definition) is 8. The predicted molar refractivity (Wildman–Crippen MR) is 130 cm³/mol. The molecule has 0 saturated carbocycles. The Labute approximate surface area is 229 Å². The number of ether oxygens (including phenoxy) is 1. The topological polar surface area (TPSA) is 128 Å². The molecule has 1 aliphatic rings. The highest BCUT2D eigenvalue weighted by Crippen LogP contribution is 2.39. The third-order valence-electron chi connectivity index (χ3n) is 6.09. The molecule has 41 heavy (non-hydrogen) atoms. The number of rotatable bonds is 4. The van der Waals surface area contributed by atoms with E-state index < -0.39 is 92.2 Å². The van der Waals surface area contributed by atoms with Gasteiger partial charge < -0.3 is 20.5 Å². The van der Waals surface area contributed by atoms with Gasteiger partial charge in [0.05, 0.1) is 28.2 Å². The number of nitrogens with two attached hydrogens (primary N) is 1. The van der Waals surface area contributed by atoms with Crippen LogP contribution in [0.25, 0.3) is 16.7 Å². The smallest absolute Gasteiger partial charge is 0.389 e. The number of alkyl halides is 3. The Morgan fingerprint density at radius 2 is 1.83 bits per heavy atom. The van der Waals surface area contributed by atoms with E-state index in [0.717, 1.165) is 0 Å². The van der Waals surface area contributed by atoms with Gasteiger partial charge in [0.25, 0.3) is 0 Å². The van der Waals surface area contributed by atoms with Gasteiger partial charge in [-0.15, -0.1) is 0 Å². The Morgan fingerprint density at radius 1 is 1.15 bits per heavy atom. The van der Waals surface area contributed by atoms with E-state index >= 15 is 4.39 Å². The zero-order valence-corrected chi connectivity index (χ0v) is 21.0. The molecule has 3 heterocycles. The van der Waals surface area contributed by atoms with Crippen molar-refractivity contribution in [3.63, 3.8) is 0 Å². The highest BCUT2D eigenvalue weighted by Gasteiger charge is 2.43. The van der Waals surface area contributed by atoms with Gasteiger partial charge in [-0.1, -0.05) is 11.6 Å². The van der Waals surface area contributed by atoms with Gasteiger partial charge in [-0.2, -0.15) is 13.2 Å². The second kappa shape index (κ2) is 11.0. The maximum atomic E-state index is 15.5. The Morgan fingerprint density at radius 3 is 2.46 bits per heavy atom. The van der Waals surface area contributed by atoms with Crippen LogP contribution >= 0.6 is 11.6 Å². The van der Waals surface area contributed by atoms with Crippen molar-refractivity contribution >= 4 is 45.9 Å². The van der Waals surface area contributed by atoms with E-state index in [9.17, 15) is 40.7 Å². The van der Waals surface area contributed by atoms with Crippen LogP contribution in [0.5, 0.6) is 0 Å². The molecule has 17 heteroatoms. The van der Waals surface area contributed by atoms with Crippen molar-refractivity contribution in [1.29, 1.82) is 0 Å². The maximum Gasteiger partial charge on any atom is 0.491 e. The van der Waals surface area contributed by atoms with Crippen LogP contribution in [0, 0.1) is 17.5 Å². The van der Waals surface area contributed by atoms with Crippen molar-refractivity contribution in [2.24, 2.45) is 0 Å². The lowest BCUT2D eigenvalue weighted by Gasteiger charge is -2.32. The molecule has 0 bridgehead atoms. The van der Waals surface area contributed by atoms with Crippen molar-refractivity contribution < 1.29 is 50.2 Å². The van der Waals surface area contributed by atoms with Crippen LogP contribution in [0.1, 0.15) is 23.2 Å². The van der Waals surface area contributed by atoms with Gasteiger partial charge in [-0.05, 0) is 24.5 Å². The van der Waals surface area contributed by atoms with Crippen LogP contribution < -0.4 is 16.1 Å². The first kappa shape index (κ1) is 29.8. The highest BCUT2D eigenvalue weighted by atomic mass is 35.5. The van der Waals surface area contributed by atoms with E-state index in [-0.39, 0.29) is 37.6 Å². The summed E-state index contributed by atoms with van der Waals surface area (Å²) in [6, 6.07) is 0.799. The number of aliphatic hydroxyl groups is 1. The summed E-state index contributed by atoms with van der Waals surface area (Å²) in [4.78, 5) is 41.5. The van der Waals surface area contributed by atoms with Crippen LogP contribution in [0.2, 0.25) is 5.02 Å². The first-order valence-corrected chi connectivity index (χ1v) is 11.8. The van der Waals surface area contributed by atoms with Crippen LogP contribution in [0.15, 0.2) is 34.5 Å². The lowest BCUT2D eigenvalue weighted by Crippen LogP contribution is -2.33. The molecule has 0 amide bonds. The number of halogens is 8. The van der Waals surface area contributed by atoms with E-state index in [1.807, 2.05) is 0 Å². The average Bonchev–Trinajstić information content (AvgIpc) is 2.90. The van der Waals surface area contributed by atoms with Crippen LogP contribution in [0.3, 0.4) is 0 Å². The molecular weight excluding hydrogens is 593 g/mol. The number of carbonyl (C=O) groups excluding carboxylic acids is 2. The van der Waals surface area contributed by atoms with Crippen molar-refractivity contribution in [2.75, 3.05) is 30.3 Å². The summed E-state index contributed by atoms with van der Waals surface area (Å²) in [5, 5.41) is 7.72. The molecular formula is C24H16ClF7N4O5. The standard InChI is InChI=1S/C24H16ClF7N4O5/c25-16-17-10(4-12(26)18(16)35-3-1-2-9(6-35)15(29)8-37)19(38)11(22(39)41-23(40)24(30,31)32)7-36(17)21-14(28)5-13(27)20(33)34-21/h4-5,7,37H,1-3,6,8H2,(H2,33,34)/b15-9+. The van der Waals surface area contributed by atoms with Gasteiger partial charge in [-0.25, -0.2) is 32.1 Å². The molecule has 3 N–H and O–H groups in total.